The summed E-state index contributed by atoms with van der Waals surface area (Å²) >= 11 is 1.33. The van der Waals surface area contributed by atoms with Gasteiger partial charge in [0.1, 0.15) is 10.8 Å². The molecule has 0 bridgehead atoms. The van der Waals surface area contributed by atoms with Crippen LogP contribution in [0.5, 0.6) is 5.75 Å². The number of fused-ring (bicyclic) bond motifs is 1. The third-order valence-corrected chi connectivity index (χ3v) is 5.71. The second-order valence-electron chi connectivity index (χ2n) is 6.58. The Morgan fingerprint density at radius 1 is 1.21 bits per heavy atom. The van der Waals surface area contributed by atoms with Gasteiger partial charge in [0, 0.05) is 18.3 Å². The van der Waals surface area contributed by atoms with Crippen molar-refractivity contribution in [2.24, 2.45) is 0 Å². The number of anilines is 1. The number of rotatable bonds is 7. The van der Waals surface area contributed by atoms with Gasteiger partial charge in [-0.1, -0.05) is 18.2 Å². The molecule has 2 heterocycles. The average Bonchev–Trinajstić information content (AvgIpc) is 3.05. The summed E-state index contributed by atoms with van der Waals surface area (Å²) in [7, 11) is 0. The van der Waals surface area contributed by atoms with Crippen LogP contribution in [0, 0.1) is 0 Å². The number of ether oxygens (including phenoxy) is 2. The lowest BCUT2D eigenvalue weighted by Crippen LogP contribution is -2.34. The molecule has 0 saturated heterocycles. The Labute approximate surface area is 173 Å². The first-order valence-electron chi connectivity index (χ1n) is 9.54. The van der Waals surface area contributed by atoms with Crippen molar-refractivity contribution in [3.8, 4) is 5.75 Å². The van der Waals surface area contributed by atoms with Gasteiger partial charge in [0.2, 0.25) is 11.8 Å². The van der Waals surface area contributed by atoms with Crippen molar-refractivity contribution in [2.75, 3.05) is 25.1 Å². The first kappa shape index (κ1) is 20.9. The third-order valence-electron chi connectivity index (χ3n) is 4.58. The van der Waals surface area contributed by atoms with E-state index in [1.165, 1.54) is 18.3 Å². The van der Waals surface area contributed by atoms with E-state index in [4.69, 9.17) is 9.47 Å². The molecular weight excluding hydrogens is 392 g/mol. The van der Waals surface area contributed by atoms with Crippen LogP contribution < -0.4 is 10.1 Å². The minimum atomic E-state index is -0.447. The van der Waals surface area contributed by atoms with Crippen LogP contribution in [0.25, 0.3) is 0 Å². The van der Waals surface area contributed by atoms with E-state index < -0.39 is 5.97 Å². The van der Waals surface area contributed by atoms with Crippen LogP contribution >= 0.6 is 11.3 Å². The zero-order valence-electron chi connectivity index (χ0n) is 16.5. The number of carbonyl (C=O) groups excluding carboxylic acids is 3. The molecule has 0 atom stereocenters. The number of benzene rings is 1. The van der Waals surface area contributed by atoms with Crippen molar-refractivity contribution in [2.45, 2.75) is 33.2 Å². The summed E-state index contributed by atoms with van der Waals surface area (Å²) in [5.74, 6) is -0.000540. The highest BCUT2D eigenvalue weighted by atomic mass is 32.1. The van der Waals surface area contributed by atoms with E-state index in [0.717, 1.165) is 10.4 Å². The van der Waals surface area contributed by atoms with Crippen molar-refractivity contribution in [3.05, 3.63) is 46.3 Å². The molecule has 2 aromatic rings. The zero-order valence-corrected chi connectivity index (χ0v) is 17.3. The predicted octanol–water partition coefficient (Wildman–Crippen LogP) is 3.24. The first-order chi connectivity index (χ1) is 14.0. The third kappa shape index (κ3) is 5.14. The summed E-state index contributed by atoms with van der Waals surface area (Å²) < 4.78 is 10.8. The lowest BCUT2D eigenvalue weighted by molar-refractivity contribution is -0.129. The van der Waals surface area contributed by atoms with Gasteiger partial charge in [-0.3, -0.25) is 9.59 Å². The topological polar surface area (TPSA) is 84.9 Å². The second kappa shape index (κ2) is 9.56. The number of para-hydroxylation sites is 1. The first-order valence-corrected chi connectivity index (χ1v) is 10.4. The molecule has 1 aromatic carbocycles. The molecule has 3 rings (SSSR count). The molecule has 2 amide bonds. The van der Waals surface area contributed by atoms with Crippen LogP contribution in [-0.4, -0.2) is 42.4 Å². The van der Waals surface area contributed by atoms with Gasteiger partial charge >= 0.3 is 5.97 Å². The summed E-state index contributed by atoms with van der Waals surface area (Å²) in [6, 6.07) is 9.26. The molecule has 0 aliphatic carbocycles. The lowest BCUT2D eigenvalue weighted by atomic mass is 10.0. The highest BCUT2D eigenvalue weighted by molar-refractivity contribution is 7.17. The van der Waals surface area contributed by atoms with E-state index in [9.17, 15) is 14.4 Å². The normalized spacial score (nSPS) is 12.8. The van der Waals surface area contributed by atoms with Crippen molar-refractivity contribution >= 4 is 34.1 Å². The Kier molecular flexibility index (Phi) is 6.87. The predicted molar refractivity (Wildman–Crippen MR) is 110 cm³/mol. The summed E-state index contributed by atoms with van der Waals surface area (Å²) in [5.41, 5.74) is 1.27. The number of thiophene rings is 1. The smallest absolute Gasteiger partial charge is 0.341 e. The molecule has 1 aliphatic heterocycles. The van der Waals surface area contributed by atoms with Crippen molar-refractivity contribution in [1.29, 1.82) is 0 Å². The maximum Gasteiger partial charge on any atom is 0.341 e. The van der Waals surface area contributed by atoms with Gasteiger partial charge in [0.15, 0.2) is 0 Å². The van der Waals surface area contributed by atoms with Crippen LogP contribution in [0.2, 0.25) is 0 Å². The number of carbonyl (C=O) groups is 3. The van der Waals surface area contributed by atoms with Gasteiger partial charge in [-0.15, -0.1) is 11.3 Å². The number of nitrogens with one attached hydrogen (secondary N) is 1. The van der Waals surface area contributed by atoms with Gasteiger partial charge in [0.05, 0.1) is 31.7 Å². The Hall–Kier alpha value is -2.87. The second-order valence-corrected chi connectivity index (χ2v) is 7.68. The fraction of sp³-hybridized carbons (Fsp3) is 0.381. The molecule has 0 spiro atoms. The molecule has 0 saturated carbocycles. The molecule has 0 fully saturated rings. The molecule has 8 heteroatoms. The van der Waals surface area contributed by atoms with E-state index in [2.05, 4.69) is 5.32 Å². The molecule has 1 N–H and O–H groups in total. The molecule has 29 heavy (non-hydrogen) atoms. The molecular formula is C21H24N2O5S. The van der Waals surface area contributed by atoms with Crippen LogP contribution in [-0.2, 0) is 27.3 Å². The van der Waals surface area contributed by atoms with E-state index in [0.29, 0.717) is 35.8 Å². The molecule has 1 aliphatic rings. The number of amides is 2. The largest absolute Gasteiger partial charge is 0.493 e. The summed E-state index contributed by atoms with van der Waals surface area (Å²) in [6.07, 6.45) is 0.714. The summed E-state index contributed by atoms with van der Waals surface area (Å²) in [5, 5.41) is 3.31. The van der Waals surface area contributed by atoms with E-state index in [1.54, 1.807) is 11.8 Å². The minimum Gasteiger partial charge on any atom is -0.493 e. The monoisotopic (exact) mass is 416 g/mol. The van der Waals surface area contributed by atoms with Gasteiger partial charge in [-0.05, 0) is 31.0 Å². The summed E-state index contributed by atoms with van der Waals surface area (Å²) in [4.78, 5) is 39.3. The molecule has 154 valence electrons. The molecule has 0 unspecified atom stereocenters. The van der Waals surface area contributed by atoms with Gasteiger partial charge in [0.25, 0.3) is 0 Å². The zero-order chi connectivity index (χ0) is 20.8. The Balaban J connectivity index is 1.71. The van der Waals surface area contributed by atoms with Gasteiger partial charge < -0.3 is 19.7 Å². The maximum absolute atomic E-state index is 12.5. The number of hydrogen-bond acceptors (Lipinski definition) is 6. The molecule has 1 aromatic heterocycles. The minimum absolute atomic E-state index is 0.00891. The van der Waals surface area contributed by atoms with Gasteiger partial charge in [-0.25, -0.2) is 4.79 Å². The number of esters is 1. The maximum atomic E-state index is 12.5. The van der Waals surface area contributed by atoms with Crippen molar-refractivity contribution in [3.63, 3.8) is 0 Å². The Morgan fingerprint density at radius 3 is 2.66 bits per heavy atom. The van der Waals surface area contributed by atoms with Crippen LogP contribution in [0.4, 0.5) is 5.00 Å². The van der Waals surface area contributed by atoms with Crippen LogP contribution in [0.3, 0.4) is 0 Å². The van der Waals surface area contributed by atoms with Crippen LogP contribution in [0.15, 0.2) is 30.3 Å². The fourth-order valence-electron chi connectivity index (χ4n) is 3.15. The Morgan fingerprint density at radius 2 is 1.97 bits per heavy atom. The van der Waals surface area contributed by atoms with Crippen LogP contribution in [0.1, 0.15) is 41.1 Å². The highest BCUT2D eigenvalue weighted by Crippen LogP contribution is 2.37. The number of hydrogen-bond donors (Lipinski definition) is 1. The summed E-state index contributed by atoms with van der Waals surface area (Å²) in [6.45, 7) is 4.74. The fourth-order valence-corrected chi connectivity index (χ4v) is 4.41. The van der Waals surface area contributed by atoms with Gasteiger partial charge in [-0.2, -0.15) is 0 Å². The molecule has 7 nitrogen and oxygen atoms in total. The van der Waals surface area contributed by atoms with Crippen molar-refractivity contribution < 1.29 is 23.9 Å². The number of nitrogens with zero attached hydrogens (tertiary/aromatic N) is 1. The standard InChI is InChI=1S/C21H24N2O5S/c1-3-27-21(26)19-16-9-11-23(14(2)24)13-17(16)29-20(19)22-18(25)10-12-28-15-7-5-4-6-8-15/h4-8H,3,9-13H2,1-2H3,(H,22,25). The SMILES string of the molecule is CCOC(=O)c1c(NC(=O)CCOc2ccccc2)sc2c1CCN(C(C)=O)C2. The van der Waals surface area contributed by atoms with E-state index >= 15 is 0 Å². The van der Waals surface area contributed by atoms with Crippen molar-refractivity contribution in [1.82, 2.24) is 4.90 Å². The Bertz CT molecular complexity index is 894. The molecule has 0 radical (unpaired) electrons. The lowest BCUT2D eigenvalue weighted by Gasteiger charge is -2.25. The highest BCUT2D eigenvalue weighted by Gasteiger charge is 2.30. The average molecular weight is 416 g/mol. The van der Waals surface area contributed by atoms with E-state index in [1.807, 2.05) is 30.3 Å². The van der Waals surface area contributed by atoms with E-state index in [-0.39, 0.29) is 31.4 Å². The quantitative estimate of drug-likeness (QED) is 0.701.